The van der Waals surface area contributed by atoms with Crippen LogP contribution in [0.25, 0.3) is 0 Å². The molecule has 1 aromatic carbocycles. The molecule has 4 rings (SSSR count). The minimum atomic E-state index is -0.489. The summed E-state index contributed by atoms with van der Waals surface area (Å²) in [5, 5.41) is 0. The summed E-state index contributed by atoms with van der Waals surface area (Å²) < 4.78 is 17.5. The second-order valence-electron chi connectivity index (χ2n) is 7.51. The van der Waals surface area contributed by atoms with Gasteiger partial charge in [0.1, 0.15) is 5.60 Å². The van der Waals surface area contributed by atoms with Gasteiger partial charge in [0.2, 0.25) is 5.95 Å². The van der Waals surface area contributed by atoms with Crippen LogP contribution in [0.4, 0.5) is 5.95 Å². The lowest BCUT2D eigenvalue weighted by Crippen LogP contribution is -2.49. The van der Waals surface area contributed by atoms with Gasteiger partial charge in [0, 0.05) is 24.8 Å². The van der Waals surface area contributed by atoms with Crippen LogP contribution in [-0.2, 0) is 16.8 Å². The first-order chi connectivity index (χ1) is 14.6. The number of hydrogen-bond acceptors (Lipinski definition) is 7. The van der Waals surface area contributed by atoms with Crippen LogP contribution in [0.15, 0.2) is 24.4 Å². The Kier molecular flexibility index (Phi) is 5.76. The summed E-state index contributed by atoms with van der Waals surface area (Å²) in [7, 11) is 0. The lowest BCUT2D eigenvalue weighted by molar-refractivity contribution is -0.0966. The van der Waals surface area contributed by atoms with Crippen LogP contribution in [0.5, 0.6) is 11.5 Å². The van der Waals surface area contributed by atoms with E-state index in [1.165, 1.54) is 0 Å². The topological polar surface area (TPSA) is 99.8 Å². The number of piperidine rings is 1. The normalized spacial score (nSPS) is 17.5. The predicted molar refractivity (Wildman–Crippen MR) is 112 cm³/mol. The van der Waals surface area contributed by atoms with Gasteiger partial charge in [-0.15, -0.1) is 0 Å². The lowest BCUT2D eigenvalue weighted by Gasteiger charge is -2.44. The molecule has 1 spiro atoms. The van der Waals surface area contributed by atoms with Crippen molar-refractivity contribution < 1.29 is 19.0 Å². The molecule has 0 atom stereocenters. The first-order valence-electron chi connectivity index (χ1n) is 10.5. The van der Waals surface area contributed by atoms with Gasteiger partial charge in [0.25, 0.3) is 5.91 Å². The summed E-state index contributed by atoms with van der Waals surface area (Å²) >= 11 is 0. The monoisotopic (exact) mass is 412 g/mol. The second kappa shape index (κ2) is 8.47. The largest absolute Gasteiger partial charge is 0.490 e. The number of nitrogens with zero attached hydrogens (tertiary/aromatic N) is 3. The molecule has 30 heavy (non-hydrogen) atoms. The van der Waals surface area contributed by atoms with Crippen LogP contribution in [0, 0.1) is 0 Å². The van der Waals surface area contributed by atoms with Crippen LogP contribution in [0.1, 0.15) is 48.3 Å². The van der Waals surface area contributed by atoms with Crippen molar-refractivity contribution in [3.05, 3.63) is 41.2 Å². The number of anilines is 1. The number of ether oxygens (including phenoxy) is 3. The number of likely N-dealkylation sites (tertiary alicyclic amines) is 1. The smallest absolute Gasteiger partial charge is 0.253 e. The van der Waals surface area contributed by atoms with Gasteiger partial charge in [0.05, 0.1) is 25.5 Å². The van der Waals surface area contributed by atoms with Gasteiger partial charge in [-0.1, -0.05) is 0 Å². The number of benzene rings is 1. The molecule has 1 aromatic heterocycles. The fraction of sp³-hybridized carbons (Fsp3) is 0.500. The summed E-state index contributed by atoms with van der Waals surface area (Å²) in [6.45, 7) is 6.67. The van der Waals surface area contributed by atoms with Crippen LogP contribution in [0.3, 0.4) is 0 Å². The average Bonchev–Trinajstić information content (AvgIpc) is 2.76. The molecular formula is C22H28N4O4. The highest BCUT2D eigenvalue weighted by molar-refractivity contribution is 5.95. The van der Waals surface area contributed by atoms with Gasteiger partial charge in [-0.2, -0.15) is 0 Å². The quantitative estimate of drug-likeness (QED) is 0.805. The highest BCUT2D eigenvalue weighted by Gasteiger charge is 2.43. The van der Waals surface area contributed by atoms with Gasteiger partial charge >= 0.3 is 0 Å². The molecule has 2 aromatic rings. The summed E-state index contributed by atoms with van der Waals surface area (Å²) in [6, 6.07) is 5.36. The number of aromatic nitrogens is 2. The van der Waals surface area contributed by atoms with Gasteiger partial charge in [0.15, 0.2) is 11.5 Å². The molecule has 3 heterocycles. The van der Waals surface area contributed by atoms with Crippen LogP contribution < -0.4 is 15.2 Å². The molecule has 8 heteroatoms. The minimum Gasteiger partial charge on any atom is -0.490 e. The molecule has 2 aliphatic rings. The Morgan fingerprint density at radius 2 is 1.93 bits per heavy atom. The highest BCUT2D eigenvalue weighted by atomic mass is 16.5. The Bertz CT molecular complexity index is 925. The van der Waals surface area contributed by atoms with E-state index < -0.39 is 5.60 Å². The Morgan fingerprint density at radius 1 is 1.20 bits per heavy atom. The molecule has 0 saturated carbocycles. The Morgan fingerprint density at radius 3 is 2.67 bits per heavy atom. The SMILES string of the molecule is CCOc1ccc(C(=O)N2CCC3(CC2)OCCc2cnc(N)nc23)cc1OCC. The zero-order chi connectivity index (χ0) is 21.1. The molecule has 0 aliphatic carbocycles. The van der Waals surface area contributed by atoms with Crippen molar-refractivity contribution in [1.29, 1.82) is 0 Å². The Hall–Kier alpha value is -2.87. The fourth-order valence-electron chi connectivity index (χ4n) is 4.24. The van der Waals surface area contributed by atoms with E-state index in [0.29, 0.717) is 62.8 Å². The minimum absolute atomic E-state index is 0.0212. The maximum atomic E-state index is 13.1. The van der Waals surface area contributed by atoms with Crippen molar-refractivity contribution in [2.75, 3.05) is 38.6 Å². The van der Waals surface area contributed by atoms with Crippen molar-refractivity contribution in [1.82, 2.24) is 14.9 Å². The maximum absolute atomic E-state index is 13.1. The summed E-state index contributed by atoms with van der Waals surface area (Å²) in [5.74, 6) is 1.48. The molecule has 2 aliphatic heterocycles. The molecule has 0 bridgehead atoms. The number of amides is 1. The van der Waals surface area contributed by atoms with E-state index in [9.17, 15) is 4.79 Å². The number of rotatable bonds is 5. The molecule has 2 N–H and O–H groups in total. The van der Waals surface area contributed by atoms with Crippen LogP contribution in [0.2, 0.25) is 0 Å². The van der Waals surface area contributed by atoms with Crippen molar-refractivity contribution >= 4 is 11.9 Å². The fourth-order valence-corrected chi connectivity index (χ4v) is 4.24. The number of fused-ring (bicyclic) bond motifs is 2. The second-order valence-corrected chi connectivity index (χ2v) is 7.51. The zero-order valence-electron chi connectivity index (χ0n) is 17.5. The van der Waals surface area contributed by atoms with Crippen LogP contribution in [-0.4, -0.2) is 53.7 Å². The van der Waals surface area contributed by atoms with E-state index in [-0.39, 0.29) is 11.9 Å². The molecule has 160 valence electrons. The van der Waals surface area contributed by atoms with Gasteiger partial charge in [-0.25, -0.2) is 9.97 Å². The first-order valence-corrected chi connectivity index (χ1v) is 10.5. The van der Waals surface area contributed by atoms with E-state index in [1.54, 1.807) is 24.4 Å². The predicted octanol–water partition coefficient (Wildman–Crippen LogP) is 2.56. The number of hydrogen-bond donors (Lipinski definition) is 1. The summed E-state index contributed by atoms with van der Waals surface area (Å²) in [4.78, 5) is 23.6. The third-order valence-corrected chi connectivity index (χ3v) is 5.71. The Labute approximate surface area is 176 Å². The molecule has 8 nitrogen and oxygen atoms in total. The first kappa shape index (κ1) is 20.4. The average molecular weight is 412 g/mol. The third-order valence-electron chi connectivity index (χ3n) is 5.71. The number of carbonyl (C=O) groups is 1. The number of nitrogen functional groups attached to an aromatic ring is 1. The lowest BCUT2D eigenvalue weighted by atomic mass is 9.83. The van der Waals surface area contributed by atoms with Crippen molar-refractivity contribution in [2.45, 2.75) is 38.7 Å². The molecule has 0 unspecified atom stereocenters. The maximum Gasteiger partial charge on any atom is 0.253 e. The van der Waals surface area contributed by atoms with Gasteiger partial charge in [-0.05, 0) is 56.9 Å². The summed E-state index contributed by atoms with van der Waals surface area (Å²) in [5.41, 5.74) is 7.90. The van der Waals surface area contributed by atoms with Crippen LogP contribution >= 0.6 is 0 Å². The van der Waals surface area contributed by atoms with Crippen molar-refractivity contribution in [3.8, 4) is 11.5 Å². The van der Waals surface area contributed by atoms with E-state index in [2.05, 4.69) is 9.97 Å². The molecule has 1 saturated heterocycles. The molecule has 0 radical (unpaired) electrons. The van der Waals surface area contributed by atoms with E-state index >= 15 is 0 Å². The highest BCUT2D eigenvalue weighted by Crippen LogP contribution is 2.41. The number of nitrogens with two attached hydrogens (primary N) is 1. The van der Waals surface area contributed by atoms with E-state index in [1.807, 2.05) is 18.7 Å². The zero-order valence-corrected chi connectivity index (χ0v) is 17.5. The van der Waals surface area contributed by atoms with Crippen molar-refractivity contribution in [3.63, 3.8) is 0 Å². The molecule has 1 fully saturated rings. The third kappa shape index (κ3) is 3.79. The Balaban J connectivity index is 1.51. The molecule has 1 amide bonds. The van der Waals surface area contributed by atoms with E-state index in [0.717, 1.165) is 17.7 Å². The van der Waals surface area contributed by atoms with E-state index in [4.69, 9.17) is 19.9 Å². The van der Waals surface area contributed by atoms with Crippen molar-refractivity contribution in [2.24, 2.45) is 0 Å². The summed E-state index contributed by atoms with van der Waals surface area (Å²) in [6.07, 6.45) is 3.94. The molecular weight excluding hydrogens is 384 g/mol. The number of carbonyl (C=O) groups excluding carboxylic acids is 1. The van der Waals surface area contributed by atoms with Gasteiger partial charge in [-0.3, -0.25) is 4.79 Å². The van der Waals surface area contributed by atoms with Gasteiger partial charge < -0.3 is 24.8 Å². The standard InChI is InChI=1S/C22H28N4O4/c1-3-28-17-6-5-15(13-18(17)29-4-2)20(27)26-10-8-22(9-11-26)19-16(7-12-30-22)14-24-21(23)25-19/h5-6,13-14H,3-4,7-12H2,1-2H3,(H2,23,24,25).